The molecular formula is C25H24N2O4S. The summed E-state index contributed by atoms with van der Waals surface area (Å²) in [5.74, 6) is 0.404. The summed E-state index contributed by atoms with van der Waals surface area (Å²) in [7, 11) is -2.15. The topological polar surface area (TPSA) is 88.3 Å². The number of Topliss-reactive ketones (excluding diaryl/α,β-unsaturated/α-hetero) is 1. The van der Waals surface area contributed by atoms with Gasteiger partial charge in [-0.3, -0.25) is 4.79 Å². The number of ether oxygens (including phenoxy) is 1. The van der Waals surface area contributed by atoms with E-state index in [1.54, 1.807) is 7.11 Å². The minimum Gasteiger partial charge on any atom is -0.497 e. The molecule has 0 aliphatic heterocycles. The maximum atomic E-state index is 13.0. The van der Waals surface area contributed by atoms with E-state index in [-0.39, 0.29) is 23.1 Å². The van der Waals surface area contributed by atoms with Gasteiger partial charge in [-0.1, -0.05) is 42.5 Å². The lowest BCUT2D eigenvalue weighted by atomic mass is 9.91. The predicted molar refractivity (Wildman–Crippen MR) is 125 cm³/mol. The number of carbonyl (C=O) groups is 1. The standard InChI is InChI=1S/C25H24N2O4S/c1-17(28)18-9-13-21(14-10-18)32(29,30)27-16-23(19-7-11-20(31-2)12-8-19)24-15-26-25-6-4-3-5-22(24)25/h3-15,23,26-27H,16H2,1-2H3. The van der Waals surface area contributed by atoms with Crippen LogP contribution in [0.25, 0.3) is 10.9 Å². The van der Waals surface area contributed by atoms with E-state index in [4.69, 9.17) is 4.74 Å². The van der Waals surface area contributed by atoms with Crippen molar-refractivity contribution in [2.24, 2.45) is 0 Å². The van der Waals surface area contributed by atoms with Crippen LogP contribution in [0.15, 0.2) is 83.9 Å². The lowest BCUT2D eigenvalue weighted by molar-refractivity contribution is 0.101. The Labute approximate surface area is 187 Å². The van der Waals surface area contributed by atoms with Crippen LogP contribution in [-0.2, 0) is 10.0 Å². The Hall–Kier alpha value is -3.42. The SMILES string of the molecule is COc1ccc(C(CNS(=O)(=O)c2ccc(C(C)=O)cc2)c2c[nH]c3ccccc23)cc1. The van der Waals surface area contributed by atoms with Gasteiger partial charge in [0.2, 0.25) is 10.0 Å². The van der Waals surface area contributed by atoms with Crippen molar-refractivity contribution in [3.8, 4) is 5.75 Å². The first-order valence-corrected chi connectivity index (χ1v) is 11.7. The number of benzene rings is 3. The molecule has 0 saturated carbocycles. The molecular weight excluding hydrogens is 424 g/mol. The number of H-pyrrole nitrogens is 1. The van der Waals surface area contributed by atoms with Gasteiger partial charge in [0.05, 0.1) is 12.0 Å². The summed E-state index contributed by atoms with van der Waals surface area (Å²) in [6.45, 7) is 1.62. The monoisotopic (exact) mass is 448 g/mol. The van der Waals surface area contributed by atoms with Gasteiger partial charge in [0, 0.05) is 35.1 Å². The Balaban J connectivity index is 1.66. The molecule has 0 fully saturated rings. The summed E-state index contributed by atoms with van der Waals surface area (Å²) in [5.41, 5.74) is 3.42. The van der Waals surface area contributed by atoms with Gasteiger partial charge in [0.1, 0.15) is 5.75 Å². The van der Waals surface area contributed by atoms with Gasteiger partial charge < -0.3 is 9.72 Å². The zero-order chi connectivity index (χ0) is 22.7. The van der Waals surface area contributed by atoms with E-state index >= 15 is 0 Å². The molecule has 0 spiro atoms. The van der Waals surface area contributed by atoms with Gasteiger partial charge in [-0.15, -0.1) is 0 Å². The number of carbonyl (C=O) groups excluding carboxylic acids is 1. The number of sulfonamides is 1. The minimum absolute atomic E-state index is 0.110. The second-order valence-electron chi connectivity index (χ2n) is 7.55. The molecule has 1 aromatic heterocycles. The van der Waals surface area contributed by atoms with Crippen LogP contribution in [0.2, 0.25) is 0 Å². The summed E-state index contributed by atoms with van der Waals surface area (Å²) in [4.78, 5) is 14.9. The number of nitrogens with one attached hydrogen (secondary N) is 2. The molecule has 4 rings (SSSR count). The van der Waals surface area contributed by atoms with Gasteiger partial charge in [-0.2, -0.15) is 0 Å². The van der Waals surface area contributed by atoms with Crippen molar-refractivity contribution in [2.75, 3.05) is 13.7 Å². The lowest BCUT2D eigenvalue weighted by Crippen LogP contribution is -2.29. The van der Waals surface area contributed by atoms with Gasteiger partial charge in [0.15, 0.2) is 5.78 Å². The molecule has 4 aromatic rings. The molecule has 0 aliphatic rings. The number of ketones is 1. The number of methoxy groups -OCH3 is 1. The van der Waals surface area contributed by atoms with E-state index in [2.05, 4.69) is 9.71 Å². The summed E-state index contributed by atoms with van der Waals surface area (Å²) in [6.07, 6.45) is 1.93. The Kier molecular flexibility index (Phi) is 6.12. The third-order valence-electron chi connectivity index (χ3n) is 5.56. The van der Waals surface area contributed by atoms with Gasteiger partial charge >= 0.3 is 0 Å². The van der Waals surface area contributed by atoms with Crippen molar-refractivity contribution < 1.29 is 17.9 Å². The quantitative estimate of drug-likeness (QED) is 0.389. The highest BCUT2D eigenvalue weighted by atomic mass is 32.2. The number of aromatic nitrogens is 1. The number of hydrogen-bond acceptors (Lipinski definition) is 4. The molecule has 2 N–H and O–H groups in total. The van der Waals surface area contributed by atoms with Crippen LogP contribution >= 0.6 is 0 Å². The molecule has 0 amide bonds. The van der Waals surface area contributed by atoms with Gasteiger partial charge in [-0.05, 0) is 48.4 Å². The van der Waals surface area contributed by atoms with Crippen molar-refractivity contribution in [1.82, 2.24) is 9.71 Å². The zero-order valence-corrected chi connectivity index (χ0v) is 18.6. The van der Waals surface area contributed by atoms with Crippen LogP contribution in [0.3, 0.4) is 0 Å². The van der Waals surface area contributed by atoms with Crippen molar-refractivity contribution in [1.29, 1.82) is 0 Å². The van der Waals surface area contributed by atoms with Crippen LogP contribution in [-0.4, -0.2) is 32.8 Å². The smallest absolute Gasteiger partial charge is 0.240 e. The predicted octanol–water partition coefficient (Wildman–Crippen LogP) is 4.49. The number of hydrogen-bond donors (Lipinski definition) is 2. The fraction of sp³-hybridized carbons (Fsp3) is 0.160. The second-order valence-corrected chi connectivity index (χ2v) is 9.31. The molecule has 32 heavy (non-hydrogen) atoms. The van der Waals surface area contributed by atoms with Crippen molar-refractivity contribution >= 4 is 26.7 Å². The first-order valence-electron chi connectivity index (χ1n) is 10.2. The van der Waals surface area contributed by atoms with Crippen molar-refractivity contribution in [2.45, 2.75) is 17.7 Å². The summed E-state index contributed by atoms with van der Waals surface area (Å²) in [6, 6.07) is 21.5. The number of fused-ring (bicyclic) bond motifs is 1. The van der Waals surface area contributed by atoms with E-state index in [1.807, 2.05) is 54.7 Å². The van der Waals surface area contributed by atoms with Crippen LogP contribution in [0.4, 0.5) is 0 Å². The maximum Gasteiger partial charge on any atom is 0.240 e. The van der Waals surface area contributed by atoms with Crippen LogP contribution in [0.5, 0.6) is 5.75 Å². The first kappa shape index (κ1) is 21.8. The fourth-order valence-corrected chi connectivity index (χ4v) is 4.82. The van der Waals surface area contributed by atoms with Crippen LogP contribution < -0.4 is 9.46 Å². The third-order valence-corrected chi connectivity index (χ3v) is 7.00. The Bertz CT molecular complexity index is 1340. The Morgan fingerprint density at radius 2 is 1.69 bits per heavy atom. The first-order chi connectivity index (χ1) is 15.4. The van der Waals surface area contributed by atoms with Crippen LogP contribution in [0.1, 0.15) is 34.3 Å². The van der Waals surface area contributed by atoms with Gasteiger partial charge in [-0.25, -0.2) is 13.1 Å². The molecule has 7 heteroatoms. The van der Waals surface area contributed by atoms with Crippen molar-refractivity contribution in [3.63, 3.8) is 0 Å². The molecule has 3 aromatic carbocycles. The fourth-order valence-electron chi connectivity index (χ4n) is 3.77. The van der Waals surface area contributed by atoms with Crippen molar-refractivity contribution in [3.05, 3.63) is 95.7 Å². The van der Waals surface area contributed by atoms with Crippen LogP contribution in [0, 0.1) is 0 Å². The maximum absolute atomic E-state index is 13.0. The number of para-hydroxylation sites is 1. The normalized spacial score (nSPS) is 12.6. The highest BCUT2D eigenvalue weighted by Crippen LogP contribution is 2.31. The highest BCUT2D eigenvalue weighted by Gasteiger charge is 2.22. The third kappa shape index (κ3) is 4.44. The number of rotatable bonds is 8. The molecule has 164 valence electrons. The summed E-state index contributed by atoms with van der Waals surface area (Å²) < 4.78 is 33.9. The largest absolute Gasteiger partial charge is 0.497 e. The average Bonchev–Trinajstić information content (AvgIpc) is 3.23. The second kappa shape index (κ2) is 8.98. The van der Waals surface area contributed by atoms with E-state index in [0.717, 1.165) is 27.8 Å². The molecule has 1 heterocycles. The number of aromatic amines is 1. The molecule has 1 atom stereocenters. The van der Waals surface area contributed by atoms with E-state index in [0.29, 0.717) is 5.56 Å². The Morgan fingerprint density at radius 1 is 1.00 bits per heavy atom. The molecule has 1 unspecified atom stereocenters. The summed E-state index contributed by atoms with van der Waals surface area (Å²) >= 11 is 0. The molecule has 0 saturated heterocycles. The minimum atomic E-state index is -3.76. The highest BCUT2D eigenvalue weighted by molar-refractivity contribution is 7.89. The molecule has 0 bridgehead atoms. The Morgan fingerprint density at radius 3 is 2.34 bits per heavy atom. The average molecular weight is 449 g/mol. The van der Waals surface area contributed by atoms with E-state index in [1.165, 1.54) is 31.2 Å². The van der Waals surface area contributed by atoms with E-state index in [9.17, 15) is 13.2 Å². The zero-order valence-electron chi connectivity index (χ0n) is 17.8. The molecule has 6 nitrogen and oxygen atoms in total. The molecule has 0 aliphatic carbocycles. The van der Waals surface area contributed by atoms with Gasteiger partial charge in [0.25, 0.3) is 0 Å². The summed E-state index contributed by atoms with van der Waals surface area (Å²) in [5, 5.41) is 1.04. The van der Waals surface area contributed by atoms with E-state index < -0.39 is 10.0 Å². The lowest BCUT2D eigenvalue weighted by Gasteiger charge is -2.19. The molecule has 0 radical (unpaired) electrons.